The van der Waals surface area contributed by atoms with Crippen LogP contribution >= 0.6 is 11.8 Å². The topological polar surface area (TPSA) is 89.2 Å². The number of hydrogen-bond acceptors (Lipinski definition) is 6. The van der Waals surface area contributed by atoms with Gasteiger partial charge in [0.2, 0.25) is 6.29 Å². The lowest BCUT2D eigenvalue weighted by Gasteiger charge is -2.20. The van der Waals surface area contributed by atoms with Crippen LogP contribution in [0.25, 0.3) is 0 Å². The predicted molar refractivity (Wildman–Crippen MR) is 120 cm³/mol. The highest BCUT2D eigenvalue weighted by Crippen LogP contribution is 2.27. The van der Waals surface area contributed by atoms with Crippen molar-refractivity contribution < 1.29 is 14.2 Å². The van der Waals surface area contributed by atoms with E-state index in [4.69, 9.17) is 14.2 Å². The molecule has 158 valence electrons. The normalized spacial score (nSPS) is 11.6. The number of aromatic amines is 2. The SMILES string of the molecule is O=c1[nH]nc(CSCC(Oc2ccccc2)Oc2cccc(Oc3ccccc3)c2)[nH]1. The summed E-state index contributed by atoms with van der Waals surface area (Å²) in [5, 5.41) is 6.28. The van der Waals surface area contributed by atoms with Crippen LogP contribution in [0.1, 0.15) is 5.82 Å². The van der Waals surface area contributed by atoms with Gasteiger partial charge in [-0.2, -0.15) is 5.10 Å². The lowest BCUT2D eigenvalue weighted by Crippen LogP contribution is -2.26. The Morgan fingerprint density at radius 1 is 0.806 bits per heavy atom. The van der Waals surface area contributed by atoms with Crippen LogP contribution in [0.2, 0.25) is 0 Å². The first-order chi connectivity index (χ1) is 15.2. The zero-order valence-corrected chi connectivity index (χ0v) is 17.4. The van der Waals surface area contributed by atoms with Gasteiger partial charge in [0, 0.05) is 6.07 Å². The van der Waals surface area contributed by atoms with E-state index < -0.39 is 6.29 Å². The third-order valence-corrected chi connectivity index (χ3v) is 5.09. The van der Waals surface area contributed by atoms with Crippen molar-refractivity contribution >= 4 is 11.8 Å². The van der Waals surface area contributed by atoms with Crippen LogP contribution in [0.5, 0.6) is 23.0 Å². The second kappa shape index (κ2) is 10.4. The third kappa shape index (κ3) is 6.42. The van der Waals surface area contributed by atoms with Crippen LogP contribution in [0.4, 0.5) is 0 Å². The second-order valence-corrected chi connectivity index (χ2v) is 7.54. The highest BCUT2D eigenvalue weighted by atomic mass is 32.2. The fourth-order valence-electron chi connectivity index (χ4n) is 2.76. The molecule has 0 radical (unpaired) electrons. The Hall–Kier alpha value is -3.65. The van der Waals surface area contributed by atoms with Crippen molar-refractivity contribution in [3.05, 3.63) is 101 Å². The lowest BCUT2D eigenvalue weighted by molar-refractivity contribution is 0.0263. The van der Waals surface area contributed by atoms with Gasteiger partial charge in [0.15, 0.2) is 0 Å². The molecule has 4 aromatic rings. The first-order valence-electron chi connectivity index (χ1n) is 9.67. The number of nitrogens with zero attached hydrogens (tertiary/aromatic N) is 1. The van der Waals surface area contributed by atoms with Gasteiger partial charge < -0.3 is 14.2 Å². The first-order valence-corrected chi connectivity index (χ1v) is 10.8. The van der Waals surface area contributed by atoms with Crippen molar-refractivity contribution in [1.82, 2.24) is 15.2 Å². The molecule has 0 aliphatic carbocycles. The van der Waals surface area contributed by atoms with E-state index in [1.165, 1.54) is 11.8 Å². The van der Waals surface area contributed by atoms with Gasteiger partial charge in [-0.15, -0.1) is 11.8 Å². The number of thioether (sulfide) groups is 1. The molecule has 0 saturated carbocycles. The zero-order valence-electron chi connectivity index (χ0n) is 16.6. The Labute approximate surface area is 183 Å². The molecular formula is C23H21N3O4S. The molecular weight excluding hydrogens is 414 g/mol. The molecule has 4 rings (SSSR count). The van der Waals surface area contributed by atoms with E-state index in [1.807, 2.05) is 84.9 Å². The molecule has 0 saturated heterocycles. The quantitative estimate of drug-likeness (QED) is 0.354. The molecule has 31 heavy (non-hydrogen) atoms. The molecule has 1 unspecified atom stereocenters. The molecule has 0 bridgehead atoms. The lowest BCUT2D eigenvalue weighted by atomic mass is 10.3. The van der Waals surface area contributed by atoms with Crippen molar-refractivity contribution in [2.24, 2.45) is 0 Å². The summed E-state index contributed by atoms with van der Waals surface area (Å²) in [6.07, 6.45) is -0.551. The zero-order chi connectivity index (χ0) is 21.3. The maximum Gasteiger partial charge on any atom is 0.340 e. The number of para-hydroxylation sites is 2. The number of rotatable bonds is 10. The van der Waals surface area contributed by atoms with Gasteiger partial charge in [0.05, 0.1) is 11.5 Å². The molecule has 0 amide bonds. The van der Waals surface area contributed by atoms with Crippen molar-refractivity contribution in [3.8, 4) is 23.0 Å². The summed E-state index contributed by atoms with van der Waals surface area (Å²) in [5.41, 5.74) is -0.320. The molecule has 0 spiro atoms. The van der Waals surface area contributed by atoms with Crippen molar-refractivity contribution in [2.45, 2.75) is 12.0 Å². The van der Waals surface area contributed by atoms with Crippen molar-refractivity contribution in [3.63, 3.8) is 0 Å². The van der Waals surface area contributed by atoms with Crippen LogP contribution in [0.3, 0.4) is 0 Å². The highest BCUT2D eigenvalue weighted by Gasteiger charge is 2.14. The average Bonchev–Trinajstić information content (AvgIpc) is 3.20. The highest BCUT2D eigenvalue weighted by molar-refractivity contribution is 7.98. The number of aromatic nitrogens is 3. The van der Waals surface area contributed by atoms with E-state index in [2.05, 4.69) is 15.2 Å². The van der Waals surface area contributed by atoms with Gasteiger partial charge in [-0.1, -0.05) is 42.5 Å². The Bertz CT molecular complexity index is 1130. The minimum absolute atomic E-state index is 0.320. The summed E-state index contributed by atoms with van der Waals surface area (Å²) in [6.45, 7) is 0. The predicted octanol–water partition coefficient (Wildman–Crippen LogP) is 4.61. The molecule has 1 aromatic heterocycles. The Morgan fingerprint density at radius 3 is 2.16 bits per heavy atom. The van der Waals surface area contributed by atoms with E-state index in [0.29, 0.717) is 34.6 Å². The van der Waals surface area contributed by atoms with Gasteiger partial charge in [0.1, 0.15) is 28.8 Å². The van der Waals surface area contributed by atoms with Crippen LogP contribution in [-0.2, 0) is 5.75 Å². The van der Waals surface area contributed by atoms with Gasteiger partial charge in [-0.05, 0) is 36.4 Å². The van der Waals surface area contributed by atoms with Gasteiger partial charge in [0.25, 0.3) is 0 Å². The average molecular weight is 436 g/mol. The second-order valence-electron chi connectivity index (χ2n) is 6.51. The maximum absolute atomic E-state index is 11.2. The van der Waals surface area contributed by atoms with Crippen LogP contribution in [0, 0.1) is 0 Å². The van der Waals surface area contributed by atoms with Gasteiger partial charge in [-0.25, -0.2) is 9.89 Å². The minimum Gasteiger partial charge on any atom is -0.457 e. The van der Waals surface area contributed by atoms with Crippen molar-refractivity contribution in [1.29, 1.82) is 0 Å². The van der Waals surface area contributed by atoms with E-state index in [0.717, 1.165) is 5.75 Å². The minimum atomic E-state index is -0.551. The first kappa shape index (κ1) is 20.6. The van der Waals surface area contributed by atoms with Gasteiger partial charge in [-0.3, -0.25) is 4.98 Å². The summed E-state index contributed by atoms with van der Waals surface area (Å²) in [6, 6.07) is 26.5. The molecule has 3 aromatic carbocycles. The van der Waals surface area contributed by atoms with E-state index in [1.54, 1.807) is 0 Å². The molecule has 0 aliphatic heterocycles. The summed E-state index contributed by atoms with van der Waals surface area (Å²) < 4.78 is 18.0. The van der Waals surface area contributed by atoms with E-state index in [9.17, 15) is 4.79 Å². The number of H-pyrrole nitrogens is 2. The number of nitrogens with one attached hydrogen (secondary N) is 2. The fourth-order valence-corrected chi connectivity index (χ4v) is 3.53. The Kier molecular flexibility index (Phi) is 6.92. The molecule has 1 atom stereocenters. The number of hydrogen-bond donors (Lipinski definition) is 2. The monoisotopic (exact) mass is 435 g/mol. The van der Waals surface area contributed by atoms with Crippen molar-refractivity contribution in [2.75, 3.05) is 5.75 Å². The molecule has 2 N–H and O–H groups in total. The molecule has 8 heteroatoms. The number of ether oxygens (including phenoxy) is 3. The van der Waals surface area contributed by atoms with Gasteiger partial charge >= 0.3 is 5.69 Å². The number of benzene rings is 3. The molecule has 7 nitrogen and oxygen atoms in total. The summed E-state index contributed by atoms with van der Waals surface area (Å²) in [7, 11) is 0. The fraction of sp³-hybridized carbons (Fsp3) is 0.130. The van der Waals surface area contributed by atoms with Crippen LogP contribution in [0.15, 0.2) is 89.7 Å². The molecule has 1 heterocycles. The summed E-state index contributed by atoms with van der Waals surface area (Å²) in [5.74, 6) is 4.37. The van der Waals surface area contributed by atoms with Crippen LogP contribution in [-0.4, -0.2) is 27.2 Å². The van der Waals surface area contributed by atoms with E-state index in [-0.39, 0.29) is 5.69 Å². The molecule has 0 aliphatic rings. The molecule has 0 fully saturated rings. The maximum atomic E-state index is 11.2. The standard InChI is InChI=1S/C23H21N3O4S/c27-23-24-21(25-26-23)15-31-16-22(29-18-10-5-2-6-11-18)30-20-13-7-12-19(14-20)28-17-8-3-1-4-9-17/h1-14,22H,15-16H2,(H2,24,25,26,27). The Morgan fingerprint density at radius 2 is 1.45 bits per heavy atom. The third-order valence-electron chi connectivity index (χ3n) is 4.11. The smallest absolute Gasteiger partial charge is 0.340 e. The van der Waals surface area contributed by atoms with E-state index >= 15 is 0 Å². The van der Waals surface area contributed by atoms with Crippen LogP contribution < -0.4 is 19.9 Å². The summed E-state index contributed by atoms with van der Waals surface area (Å²) >= 11 is 1.54. The largest absolute Gasteiger partial charge is 0.457 e. The summed E-state index contributed by atoms with van der Waals surface area (Å²) in [4.78, 5) is 13.8. The Balaban J connectivity index is 1.43.